The van der Waals surface area contributed by atoms with Crippen LogP contribution in [0.4, 0.5) is 0 Å². The Morgan fingerprint density at radius 3 is 2.94 bits per heavy atom. The number of hydrogen-bond acceptors (Lipinski definition) is 3. The van der Waals surface area contributed by atoms with Crippen LogP contribution in [0.25, 0.3) is 11.4 Å². The van der Waals surface area contributed by atoms with Gasteiger partial charge in [0.05, 0.1) is 5.56 Å². The Labute approximate surface area is 112 Å². The number of hydrogen-bond donors (Lipinski definition) is 2. The molecule has 0 unspecified atom stereocenters. The second kappa shape index (κ2) is 5.01. The summed E-state index contributed by atoms with van der Waals surface area (Å²) in [4.78, 5) is 0. The zero-order valence-electron chi connectivity index (χ0n) is 9.27. The average molecular weight is 314 g/mol. The van der Waals surface area contributed by atoms with E-state index in [1.165, 1.54) is 0 Å². The number of benzene rings is 1. The molecular formula is C11H12BrN3OS. The first-order chi connectivity index (χ1) is 8.13. The highest BCUT2D eigenvalue weighted by atomic mass is 79.9. The van der Waals surface area contributed by atoms with Gasteiger partial charge in [0.1, 0.15) is 5.75 Å². The van der Waals surface area contributed by atoms with E-state index in [0.29, 0.717) is 16.2 Å². The highest BCUT2D eigenvalue weighted by Gasteiger charge is 2.12. The third kappa shape index (κ3) is 2.42. The van der Waals surface area contributed by atoms with E-state index in [-0.39, 0.29) is 5.75 Å². The van der Waals surface area contributed by atoms with Gasteiger partial charge in [0.25, 0.3) is 0 Å². The van der Waals surface area contributed by atoms with Crippen LogP contribution in [0.3, 0.4) is 0 Å². The lowest BCUT2D eigenvalue weighted by atomic mass is 10.2. The molecule has 0 aliphatic heterocycles. The fraction of sp³-hybridized carbons (Fsp3) is 0.273. The minimum atomic E-state index is 0.186. The minimum absolute atomic E-state index is 0.186. The second-order valence-electron chi connectivity index (χ2n) is 3.67. The molecule has 0 saturated carbocycles. The summed E-state index contributed by atoms with van der Waals surface area (Å²) in [5.74, 6) is 0.854. The molecule has 0 fully saturated rings. The van der Waals surface area contributed by atoms with Crippen LogP contribution in [0.15, 0.2) is 22.7 Å². The Morgan fingerprint density at radius 2 is 2.29 bits per heavy atom. The molecule has 1 aromatic heterocycles. The molecule has 1 aromatic carbocycles. The third-order valence-corrected chi connectivity index (χ3v) is 3.21. The van der Waals surface area contributed by atoms with Crippen LogP contribution in [0.5, 0.6) is 5.75 Å². The summed E-state index contributed by atoms with van der Waals surface area (Å²) in [6.45, 7) is 2.85. The molecule has 0 aliphatic carbocycles. The number of halogens is 1. The number of aromatic hydroxyl groups is 1. The number of phenolic OH excluding ortho intramolecular Hbond substituents is 1. The van der Waals surface area contributed by atoms with Gasteiger partial charge in [-0.05, 0) is 36.8 Å². The molecule has 0 radical (unpaired) electrons. The number of H-pyrrole nitrogens is 1. The summed E-state index contributed by atoms with van der Waals surface area (Å²) in [6, 6.07) is 5.32. The quantitative estimate of drug-likeness (QED) is 0.853. The minimum Gasteiger partial charge on any atom is -0.507 e. The van der Waals surface area contributed by atoms with Crippen LogP contribution in [0.2, 0.25) is 0 Å². The van der Waals surface area contributed by atoms with Gasteiger partial charge >= 0.3 is 0 Å². The van der Waals surface area contributed by atoms with Crippen LogP contribution in [-0.4, -0.2) is 19.9 Å². The van der Waals surface area contributed by atoms with Crippen molar-refractivity contribution < 1.29 is 5.11 Å². The number of nitrogens with one attached hydrogen (secondary N) is 1. The molecule has 17 heavy (non-hydrogen) atoms. The van der Waals surface area contributed by atoms with Gasteiger partial charge in [-0.3, -0.25) is 5.10 Å². The Hall–Kier alpha value is -1.14. The van der Waals surface area contributed by atoms with Gasteiger partial charge in [0.2, 0.25) is 0 Å². The maximum atomic E-state index is 9.92. The van der Waals surface area contributed by atoms with Crippen LogP contribution in [0, 0.1) is 4.77 Å². The van der Waals surface area contributed by atoms with Crippen LogP contribution in [-0.2, 0) is 6.54 Å². The molecule has 0 amide bonds. The van der Waals surface area contributed by atoms with Gasteiger partial charge in [-0.15, -0.1) is 0 Å². The molecule has 0 aliphatic rings. The fourth-order valence-electron chi connectivity index (χ4n) is 1.65. The standard InChI is InChI=1S/C11H12BrN3OS/c1-2-5-15-10(13-14-11(15)17)8-4-3-7(12)6-9(8)16/h3-4,6,16H,2,5H2,1H3,(H,14,17). The monoisotopic (exact) mass is 313 g/mol. The largest absolute Gasteiger partial charge is 0.507 e. The summed E-state index contributed by atoms with van der Waals surface area (Å²) in [7, 11) is 0. The smallest absolute Gasteiger partial charge is 0.195 e. The van der Waals surface area contributed by atoms with Crippen molar-refractivity contribution >= 4 is 28.1 Å². The van der Waals surface area contributed by atoms with Gasteiger partial charge in [-0.1, -0.05) is 22.9 Å². The molecule has 0 saturated heterocycles. The van der Waals surface area contributed by atoms with Crippen LogP contribution < -0.4 is 0 Å². The maximum absolute atomic E-state index is 9.92. The van der Waals surface area contributed by atoms with Gasteiger partial charge in [-0.2, -0.15) is 5.10 Å². The van der Waals surface area contributed by atoms with Crippen molar-refractivity contribution in [1.82, 2.24) is 14.8 Å². The van der Waals surface area contributed by atoms with E-state index in [4.69, 9.17) is 12.2 Å². The van der Waals surface area contributed by atoms with E-state index in [1.54, 1.807) is 6.07 Å². The summed E-state index contributed by atoms with van der Waals surface area (Å²) < 4.78 is 3.29. The zero-order valence-corrected chi connectivity index (χ0v) is 11.7. The Kier molecular flexibility index (Phi) is 3.63. The van der Waals surface area contributed by atoms with E-state index in [9.17, 15) is 5.11 Å². The molecule has 2 N–H and O–H groups in total. The van der Waals surface area contributed by atoms with E-state index in [0.717, 1.165) is 17.4 Å². The molecule has 4 nitrogen and oxygen atoms in total. The first-order valence-electron chi connectivity index (χ1n) is 5.27. The van der Waals surface area contributed by atoms with Crippen molar-refractivity contribution in [2.45, 2.75) is 19.9 Å². The maximum Gasteiger partial charge on any atom is 0.195 e. The average Bonchev–Trinajstić information content (AvgIpc) is 2.62. The molecule has 2 rings (SSSR count). The lowest BCUT2D eigenvalue weighted by Crippen LogP contribution is -2.00. The lowest BCUT2D eigenvalue weighted by Gasteiger charge is -2.07. The SMILES string of the molecule is CCCn1c(-c2ccc(Br)cc2O)n[nH]c1=S. The van der Waals surface area contributed by atoms with Crippen molar-refractivity contribution in [2.24, 2.45) is 0 Å². The lowest BCUT2D eigenvalue weighted by molar-refractivity contribution is 0.476. The van der Waals surface area contributed by atoms with Crippen molar-refractivity contribution in [2.75, 3.05) is 0 Å². The van der Waals surface area contributed by atoms with E-state index in [2.05, 4.69) is 33.1 Å². The Bertz CT molecular complexity index is 591. The van der Waals surface area contributed by atoms with Crippen LogP contribution in [0.1, 0.15) is 13.3 Å². The highest BCUT2D eigenvalue weighted by molar-refractivity contribution is 9.10. The predicted molar refractivity (Wildman–Crippen MR) is 72.5 cm³/mol. The Balaban J connectivity index is 2.56. The van der Waals surface area contributed by atoms with Crippen molar-refractivity contribution in [3.05, 3.63) is 27.4 Å². The molecule has 0 spiro atoms. The number of nitrogens with zero attached hydrogens (tertiary/aromatic N) is 2. The topological polar surface area (TPSA) is 53.8 Å². The van der Waals surface area contributed by atoms with Gasteiger partial charge < -0.3 is 9.67 Å². The zero-order chi connectivity index (χ0) is 12.4. The Morgan fingerprint density at radius 1 is 1.53 bits per heavy atom. The van der Waals surface area contributed by atoms with Crippen molar-refractivity contribution in [3.63, 3.8) is 0 Å². The number of aromatic nitrogens is 3. The number of phenols is 1. The van der Waals surface area contributed by atoms with E-state index < -0.39 is 0 Å². The van der Waals surface area contributed by atoms with E-state index >= 15 is 0 Å². The van der Waals surface area contributed by atoms with E-state index in [1.807, 2.05) is 16.7 Å². The van der Waals surface area contributed by atoms with Gasteiger partial charge in [-0.25, -0.2) is 0 Å². The third-order valence-electron chi connectivity index (χ3n) is 2.41. The molecule has 0 atom stereocenters. The summed E-state index contributed by atoms with van der Waals surface area (Å²) in [5.41, 5.74) is 0.675. The van der Waals surface area contributed by atoms with Crippen molar-refractivity contribution in [3.8, 4) is 17.1 Å². The predicted octanol–water partition coefficient (Wildman–Crippen LogP) is 3.49. The molecule has 2 aromatic rings. The normalized spacial score (nSPS) is 10.7. The van der Waals surface area contributed by atoms with Gasteiger partial charge in [0, 0.05) is 11.0 Å². The molecule has 6 heteroatoms. The fourth-order valence-corrected chi connectivity index (χ4v) is 2.22. The summed E-state index contributed by atoms with van der Waals surface area (Å²) in [6.07, 6.45) is 0.956. The highest BCUT2D eigenvalue weighted by Crippen LogP contribution is 2.30. The summed E-state index contributed by atoms with van der Waals surface area (Å²) >= 11 is 8.47. The summed E-state index contributed by atoms with van der Waals surface area (Å²) in [5, 5.41) is 16.8. The molecule has 1 heterocycles. The second-order valence-corrected chi connectivity index (χ2v) is 4.97. The number of aromatic amines is 1. The van der Waals surface area contributed by atoms with Crippen molar-refractivity contribution in [1.29, 1.82) is 0 Å². The van der Waals surface area contributed by atoms with Gasteiger partial charge in [0.15, 0.2) is 10.6 Å². The molecular weight excluding hydrogens is 302 g/mol. The first kappa shape index (κ1) is 12.3. The molecule has 90 valence electrons. The van der Waals surface area contributed by atoms with Crippen LogP contribution >= 0.6 is 28.1 Å². The number of rotatable bonds is 3. The molecule has 0 bridgehead atoms. The first-order valence-corrected chi connectivity index (χ1v) is 6.47.